The van der Waals surface area contributed by atoms with Gasteiger partial charge in [-0.2, -0.15) is 0 Å². The lowest BCUT2D eigenvalue weighted by Gasteiger charge is -2.19. The molecule has 1 aliphatic heterocycles. The van der Waals surface area contributed by atoms with Gasteiger partial charge in [0.2, 0.25) is 0 Å². The number of anilines is 1. The highest BCUT2D eigenvalue weighted by atomic mass is 35.5. The van der Waals surface area contributed by atoms with Crippen LogP contribution in [0.1, 0.15) is 24.5 Å². The number of carbonyl (C=O) groups is 1. The number of hydrogen-bond donors (Lipinski definition) is 1. The third kappa shape index (κ3) is 2.18. The van der Waals surface area contributed by atoms with Crippen molar-refractivity contribution in [2.45, 2.75) is 18.9 Å². The lowest BCUT2D eigenvalue weighted by molar-refractivity contribution is -0.115. The number of para-hydroxylation sites is 2. The number of benzene rings is 2. The highest BCUT2D eigenvalue weighted by Gasteiger charge is 2.35. The lowest BCUT2D eigenvalue weighted by atomic mass is 9.99. The number of fused-ring (bicyclic) bond motifs is 1. The van der Waals surface area contributed by atoms with E-state index in [-0.39, 0.29) is 5.78 Å². The van der Waals surface area contributed by atoms with Gasteiger partial charge in [0, 0.05) is 17.1 Å². The van der Waals surface area contributed by atoms with E-state index < -0.39 is 6.10 Å². The highest BCUT2D eigenvalue weighted by molar-refractivity contribution is 6.30. The normalized spacial score (nSPS) is 19.9. The fourth-order valence-corrected chi connectivity index (χ4v) is 3.13. The molecule has 2 aromatic rings. The first-order valence-electron chi connectivity index (χ1n) is 7.27. The van der Waals surface area contributed by atoms with Crippen molar-refractivity contribution in [3.63, 3.8) is 0 Å². The number of hydrogen-bond acceptors (Lipinski definition) is 3. The van der Waals surface area contributed by atoms with Crippen molar-refractivity contribution < 1.29 is 9.53 Å². The maximum Gasteiger partial charge on any atom is 0.165 e. The van der Waals surface area contributed by atoms with E-state index in [0.29, 0.717) is 11.4 Å². The molecule has 1 aliphatic carbocycles. The molecule has 4 rings (SSSR count). The molecule has 0 amide bonds. The molecule has 1 heterocycles. The molecule has 0 bridgehead atoms. The number of Topliss-reactive ketones (excluding diaryl/α,β-unsaturated/α-hetero) is 1. The molecule has 0 radical (unpaired) electrons. The van der Waals surface area contributed by atoms with Crippen molar-refractivity contribution >= 4 is 23.1 Å². The Hall–Kier alpha value is -2.26. The summed E-state index contributed by atoms with van der Waals surface area (Å²) in [4.78, 5) is 12.4. The van der Waals surface area contributed by atoms with Crippen molar-refractivity contribution in [2.24, 2.45) is 0 Å². The Morgan fingerprint density at radius 3 is 2.64 bits per heavy atom. The summed E-state index contributed by atoms with van der Waals surface area (Å²) in [5.41, 5.74) is 3.54. The van der Waals surface area contributed by atoms with Gasteiger partial charge in [-0.15, -0.1) is 0 Å². The van der Waals surface area contributed by atoms with Gasteiger partial charge in [-0.25, -0.2) is 0 Å². The van der Waals surface area contributed by atoms with Crippen LogP contribution in [0.4, 0.5) is 5.69 Å². The first-order valence-corrected chi connectivity index (χ1v) is 7.64. The topological polar surface area (TPSA) is 38.3 Å². The zero-order chi connectivity index (χ0) is 15.1. The van der Waals surface area contributed by atoms with Gasteiger partial charge in [0.25, 0.3) is 0 Å². The predicted molar refractivity (Wildman–Crippen MR) is 86.2 cm³/mol. The third-order valence-corrected chi connectivity index (χ3v) is 4.33. The first kappa shape index (κ1) is 13.4. The minimum absolute atomic E-state index is 0.148. The molecule has 0 spiro atoms. The summed E-state index contributed by atoms with van der Waals surface area (Å²) in [7, 11) is 0. The average Bonchev–Trinajstić information content (AvgIpc) is 2.79. The second kappa shape index (κ2) is 5.18. The molecule has 0 fully saturated rings. The van der Waals surface area contributed by atoms with Gasteiger partial charge >= 0.3 is 0 Å². The molecule has 0 saturated heterocycles. The van der Waals surface area contributed by atoms with Crippen LogP contribution in [0.25, 0.3) is 0 Å². The lowest BCUT2D eigenvalue weighted by Crippen LogP contribution is -2.15. The second-order valence-electron chi connectivity index (χ2n) is 5.49. The van der Waals surface area contributed by atoms with E-state index in [1.165, 1.54) is 0 Å². The molecule has 2 aromatic carbocycles. The van der Waals surface area contributed by atoms with Gasteiger partial charge in [0.1, 0.15) is 5.75 Å². The maximum atomic E-state index is 12.4. The molecule has 0 aromatic heterocycles. The van der Waals surface area contributed by atoms with Gasteiger partial charge < -0.3 is 10.1 Å². The van der Waals surface area contributed by atoms with Crippen molar-refractivity contribution in [2.75, 3.05) is 5.32 Å². The average molecular weight is 312 g/mol. The van der Waals surface area contributed by atoms with Crippen molar-refractivity contribution in [3.05, 3.63) is 70.4 Å². The molecule has 1 N–H and O–H groups in total. The zero-order valence-corrected chi connectivity index (χ0v) is 12.6. The van der Waals surface area contributed by atoms with Gasteiger partial charge in [-0.05, 0) is 36.2 Å². The number of ketones is 1. The van der Waals surface area contributed by atoms with E-state index in [1.807, 2.05) is 48.5 Å². The maximum absolute atomic E-state index is 12.4. The number of halogens is 1. The second-order valence-corrected chi connectivity index (χ2v) is 5.92. The number of allylic oxidation sites excluding steroid dienone is 1. The van der Waals surface area contributed by atoms with Crippen LogP contribution in [0.2, 0.25) is 5.02 Å². The Morgan fingerprint density at radius 1 is 1.05 bits per heavy atom. The standard InChI is InChI=1S/C18H14ClNO2/c19-12-7-5-11(6-8-12)18-17-14(9-10-15(17)21)20-13-3-1-2-4-16(13)22-18/h1-8,18,20H,9-10H2. The van der Waals surface area contributed by atoms with Crippen molar-refractivity contribution in [1.82, 2.24) is 0 Å². The quantitative estimate of drug-likeness (QED) is 0.842. The van der Waals surface area contributed by atoms with Crippen molar-refractivity contribution in [1.29, 1.82) is 0 Å². The minimum Gasteiger partial charge on any atom is -0.479 e. The Morgan fingerprint density at radius 2 is 1.82 bits per heavy atom. The van der Waals surface area contributed by atoms with E-state index in [0.717, 1.165) is 34.7 Å². The SMILES string of the molecule is O=C1CCC2=C1C(c1ccc(Cl)cc1)Oc1ccccc1N2. The number of carbonyl (C=O) groups excluding carboxylic acids is 1. The van der Waals surface area contributed by atoms with Crippen LogP contribution in [0.15, 0.2) is 59.8 Å². The zero-order valence-electron chi connectivity index (χ0n) is 11.8. The van der Waals surface area contributed by atoms with E-state index in [1.54, 1.807) is 0 Å². The van der Waals surface area contributed by atoms with Crippen LogP contribution in [-0.4, -0.2) is 5.78 Å². The largest absolute Gasteiger partial charge is 0.479 e. The van der Waals surface area contributed by atoms with Gasteiger partial charge in [-0.3, -0.25) is 4.79 Å². The van der Waals surface area contributed by atoms with Crippen LogP contribution in [0.3, 0.4) is 0 Å². The van der Waals surface area contributed by atoms with Gasteiger partial charge in [0.05, 0.1) is 11.3 Å². The number of rotatable bonds is 1. The summed E-state index contributed by atoms with van der Waals surface area (Å²) in [5, 5.41) is 4.04. The first-order chi connectivity index (χ1) is 10.7. The molecule has 0 saturated carbocycles. The molecule has 4 heteroatoms. The summed E-state index contributed by atoms with van der Waals surface area (Å²) in [6.45, 7) is 0. The smallest absolute Gasteiger partial charge is 0.165 e. The number of nitrogens with one attached hydrogen (secondary N) is 1. The molecule has 22 heavy (non-hydrogen) atoms. The molecular weight excluding hydrogens is 298 g/mol. The van der Waals surface area contributed by atoms with E-state index in [2.05, 4.69) is 5.32 Å². The summed E-state index contributed by atoms with van der Waals surface area (Å²) < 4.78 is 6.18. The molecule has 1 atom stereocenters. The molecular formula is C18H14ClNO2. The Labute approximate surface area is 133 Å². The van der Waals surface area contributed by atoms with Crippen LogP contribution < -0.4 is 10.1 Å². The fraction of sp³-hybridized carbons (Fsp3) is 0.167. The van der Waals surface area contributed by atoms with Crippen LogP contribution in [0, 0.1) is 0 Å². The third-order valence-electron chi connectivity index (χ3n) is 4.08. The van der Waals surface area contributed by atoms with Gasteiger partial charge in [0.15, 0.2) is 11.9 Å². The van der Waals surface area contributed by atoms with Gasteiger partial charge in [-0.1, -0.05) is 35.9 Å². The number of ether oxygens (including phenoxy) is 1. The molecule has 110 valence electrons. The Balaban J connectivity index is 1.85. The predicted octanol–water partition coefficient (Wildman–Crippen LogP) is 4.50. The minimum atomic E-state index is -0.390. The Kier molecular flexibility index (Phi) is 3.16. The summed E-state index contributed by atoms with van der Waals surface area (Å²) in [6, 6.07) is 15.2. The summed E-state index contributed by atoms with van der Waals surface area (Å²) in [6.07, 6.45) is 0.877. The van der Waals surface area contributed by atoms with E-state index in [4.69, 9.17) is 16.3 Å². The fourth-order valence-electron chi connectivity index (χ4n) is 3.00. The highest BCUT2D eigenvalue weighted by Crippen LogP contribution is 2.42. The van der Waals surface area contributed by atoms with Crippen molar-refractivity contribution in [3.8, 4) is 5.75 Å². The monoisotopic (exact) mass is 311 g/mol. The van der Waals surface area contributed by atoms with Crippen LogP contribution in [0.5, 0.6) is 5.75 Å². The van der Waals surface area contributed by atoms with E-state index >= 15 is 0 Å². The summed E-state index contributed by atoms with van der Waals surface area (Å²) in [5.74, 6) is 0.903. The van der Waals surface area contributed by atoms with Crippen LogP contribution >= 0.6 is 11.6 Å². The molecule has 2 aliphatic rings. The summed E-state index contributed by atoms with van der Waals surface area (Å²) >= 11 is 5.97. The molecule has 1 unspecified atom stereocenters. The Bertz CT molecular complexity index is 780. The molecule has 3 nitrogen and oxygen atoms in total. The van der Waals surface area contributed by atoms with Crippen LogP contribution in [-0.2, 0) is 4.79 Å². The van der Waals surface area contributed by atoms with E-state index in [9.17, 15) is 4.79 Å².